The van der Waals surface area contributed by atoms with Crippen LogP contribution in [0.4, 0.5) is 13.2 Å². The maximum Gasteiger partial charge on any atom is 0.194 e. The van der Waals surface area contributed by atoms with Gasteiger partial charge in [0.25, 0.3) is 0 Å². The largest absolute Gasteiger partial charge is 0.508 e. The normalized spacial score (nSPS) is 22.9. The summed E-state index contributed by atoms with van der Waals surface area (Å²) in [6.07, 6.45) is 4.98. The number of quaternary nitrogens is 1. The lowest BCUT2D eigenvalue weighted by Crippen LogP contribution is -2.68. The summed E-state index contributed by atoms with van der Waals surface area (Å²) in [6, 6.07) is 27.7. The molecule has 6 aromatic rings. The van der Waals surface area contributed by atoms with Crippen LogP contribution in [0, 0.1) is 29.3 Å². The van der Waals surface area contributed by atoms with Crippen LogP contribution in [0.5, 0.6) is 11.5 Å². The molecule has 3 aliphatic rings. The number of pyridine rings is 1. The Morgan fingerprint density at radius 3 is 2.43 bits per heavy atom. The van der Waals surface area contributed by atoms with Gasteiger partial charge in [-0.15, -0.1) is 6.58 Å². The molecular weight excluding hydrogens is 597 g/mol. The zero-order valence-corrected chi connectivity index (χ0v) is 25.8. The van der Waals surface area contributed by atoms with Crippen molar-refractivity contribution >= 4 is 32.4 Å². The molecule has 0 aliphatic carbocycles. The second-order valence-corrected chi connectivity index (χ2v) is 13.2. The van der Waals surface area contributed by atoms with Crippen LogP contribution < -0.4 is 4.74 Å². The molecule has 9 rings (SSSR count). The number of ether oxygens (including phenoxy) is 1. The summed E-state index contributed by atoms with van der Waals surface area (Å²) in [5.41, 5.74) is 2.01. The number of phenolic OH excluding ortho intramolecular Hbond substituents is 1. The van der Waals surface area contributed by atoms with Crippen LogP contribution in [0.3, 0.4) is 0 Å². The fraction of sp³-hybridized carbons (Fsp3) is 0.225. The molecule has 0 amide bonds. The van der Waals surface area contributed by atoms with Crippen LogP contribution in [0.25, 0.3) is 32.4 Å². The van der Waals surface area contributed by atoms with E-state index in [1.54, 1.807) is 24.4 Å². The minimum atomic E-state index is -1.46. The number of piperidine rings is 3. The maximum atomic E-state index is 14.6. The van der Waals surface area contributed by atoms with Crippen LogP contribution >= 0.6 is 0 Å². The summed E-state index contributed by atoms with van der Waals surface area (Å²) in [7, 11) is 0. The summed E-state index contributed by atoms with van der Waals surface area (Å²) in [4.78, 5) is 4.59. The molecule has 3 saturated heterocycles. The molecule has 47 heavy (non-hydrogen) atoms. The van der Waals surface area contributed by atoms with Crippen LogP contribution in [0.1, 0.15) is 30.1 Å². The molecule has 4 unspecified atom stereocenters. The first-order valence-corrected chi connectivity index (χ1v) is 16.1. The lowest BCUT2D eigenvalue weighted by Gasteiger charge is -2.58. The SMILES string of the molecule is C=CC1C[N+]2(Cc3cc(F)c(F)c(F)c3)CCC1CC2[C@H](Oc1cc2ccccc2c2ccccc12)c1ccnc2ccc(O)cc12. The molecule has 5 aromatic carbocycles. The van der Waals surface area contributed by atoms with Gasteiger partial charge >= 0.3 is 0 Å². The van der Waals surface area contributed by atoms with Crippen molar-refractivity contribution in [2.24, 2.45) is 11.8 Å². The van der Waals surface area contributed by atoms with Crippen molar-refractivity contribution in [3.63, 3.8) is 0 Å². The minimum Gasteiger partial charge on any atom is -0.508 e. The van der Waals surface area contributed by atoms with Crippen molar-refractivity contribution in [1.29, 1.82) is 0 Å². The molecule has 4 heterocycles. The van der Waals surface area contributed by atoms with E-state index in [9.17, 15) is 18.3 Å². The highest BCUT2D eigenvalue weighted by molar-refractivity contribution is 6.10. The Labute approximate surface area is 270 Å². The number of fused-ring (bicyclic) bond motifs is 7. The van der Waals surface area contributed by atoms with E-state index in [4.69, 9.17) is 4.74 Å². The molecule has 1 N–H and O–H groups in total. The van der Waals surface area contributed by atoms with E-state index in [1.807, 2.05) is 36.4 Å². The first-order chi connectivity index (χ1) is 22.8. The van der Waals surface area contributed by atoms with Crippen LogP contribution in [-0.4, -0.2) is 33.7 Å². The lowest BCUT2D eigenvalue weighted by molar-refractivity contribution is -0.984. The fourth-order valence-electron chi connectivity index (χ4n) is 8.43. The number of phenols is 1. The molecule has 2 bridgehead atoms. The van der Waals surface area contributed by atoms with Gasteiger partial charge in [0.2, 0.25) is 0 Å². The Morgan fingerprint density at radius 2 is 1.64 bits per heavy atom. The average molecular weight is 632 g/mol. The van der Waals surface area contributed by atoms with Gasteiger partial charge in [0, 0.05) is 46.9 Å². The number of rotatable bonds is 7. The van der Waals surface area contributed by atoms with Gasteiger partial charge in [0.15, 0.2) is 23.6 Å². The number of aromatic hydroxyl groups is 1. The van der Waals surface area contributed by atoms with Crippen molar-refractivity contribution in [1.82, 2.24) is 4.98 Å². The standard InChI is InChI=1S/C40H33F3N2O2/c1-2-25-23-45(22-24-17-34(41)39(43)35(42)18-24)16-14-26(25)19-37(45)40(32-13-15-44-36-12-11-28(46)21-33(32)36)47-38-20-27-7-3-4-8-29(27)30-9-5-6-10-31(30)38/h2-13,15,17-18,20-21,25-26,37,40H,1,14,16,19,22-23H2/p+1/t25?,26?,37?,40-,45?/m1/s1. The van der Waals surface area contributed by atoms with Gasteiger partial charge in [0.1, 0.15) is 24.1 Å². The zero-order chi connectivity index (χ0) is 32.3. The van der Waals surface area contributed by atoms with Gasteiger partial charge in [-0.25, -0.2) is 13.2 Å². The smallest absolute Gasteiger partial charge is 0.194 e. The van der Waals surface area contributed by atoms with Crippen LogP contribution in [0.2, 0.25) is 0 Å². The van der Waals surface area contributed by atoms with E-state index in [2.05, 4.69) is 41.9 Å². The Balaban J connectivity index is 1.34. The summed E-state index contributed by atoms with van der Waals surface area (Å²) >= 11 is 0. The van der Waals surface area contributed by atoms with E-state index in [0.717, 1.165) is 75.3 Å². The van der Waals surface area contributed by atoms with E-state index in [0.29, 0.717) is 29.1 Å². The molecule has 0 saturated carbocycles. The Bertz CT molecular complexity index is 2160. The predicted octanol–water partition coefficient (Wildman–Crippen LogP) is 9.40. The van der Waals surface area contributed by atoms with Gasteiger partial charge in [-0.3, -0.25) is 4.98 Å². The first kappa shape index (κ1) is 29.5. The Kier molecular flexibility index (Phi) is 7.17. The van der Waals surface area contributed by atoms with Crippen molar-refractivity contribution < 1.29 is 27.5 Å². The molecular formula is C40H34F3N2O2+. The lowest BCUT2D eigenvalue weighted by atomic mass is 9.71. The number of aromatic nitrogens is 1. The number of nitrogens with zero attached hydrogens (tertiary/aromatic N) is 2. The summed E-state index contributed by atoms with van der Waals surface area (Å²) in [5, 5.41) is 15.6. The van der Waals surface area contributed by atoms with Crippen molar-refractivity contribution in [2.75, 3.05) is 13.1 Å². The van der Waals surface area contributed by atoms with Gasteiger partial charge in [-0.05, 0) is 64.5 Å². The quantitative estimate of drug-likeness (QED) is 0.0826. The second-order valence-electron chi connectivity index (χ2n) is 13.2. The highest BCUT2D eigenvalue weighted by Crippen LogP contribution is 2.50. The Morgan fingerprint density at radius 1 is 0.894 bits per heavy atom. The van der Waals surface area contributed by atoms with Crippen LogP contribution in [0.15, 0.2) is 110 Å². The van der Waals surface area contributed by atoms with E-state index in [1.165, 1.54) is 0 Å². The third-order valence-electron chi connectivity index (χ3n) is 10.6. The van der Waals surface area contributed by atoms with Crippen molar-refractivity contribution in [2.45, 2.75) is 31.5 Å². The maximum absolute atomic E-state index is 14.6. The van der Waals surface area contributed by atoms with Gasteiger partial charge in [-0.2, -0.15) is 0 Å². The fourth-order valence-corrected chi connectivity index (χ4v) is 8.43. The molecule has 0 spiro atoms. The predicted molar refractivity (Wildman–Crippen MR) is 178 cm³/mol. The molecule has 3 aliphatic heterocycles. The van der Waals surface area contributed by atoms with E-state index < -0.39 is 23.6 Å². The monoisotopic (exact) mass is 631 g/mol. The summed E-state index contributed by atoms with van der Waals surface area (Å²) in [5.74, 6) is -2.40. The van der Waals surface area contributed by atoms with Crippen molar-refractivity contribution in [3.8, 4) is 11.5 Å². The molecule has 5 atom stereocenters. The van der Waals surface area contributed by atoms with Gasteiger partial charge in [0.05, 0.1) is 18.6 Å². The molecule has 1 aromatic heterocycles. The highest BCUT2D eigenvalue weighted by atomic mass is 19.2. The van der Waals surface area contributed by atoms with E-state index in [-0.39, 0.29) is 17.7 Å². The summed E-state index contributed by atoms with van der Waals surface area (Å²) in [6.45, 7) is 5.94. The number of hydrogen-bond acceptors (Lipinski definition) is 3. The summed E-state index contributed by atoms with van der Waals surface area (Å²) < 4.78 is 51.0. The number of benzene rings is 5. The number of hydrogen-bond donors (Lipinski definition) is 1. The second kappa shape index (κ2) is 11.4. The molecule has 4 nitrogen and oxygen atoms in total. The highest BCUT2D eigenvalue weighted by Gasteiger charge is 2.55. The zero-order valence-electron chi connectivity index (χ0n) is 25.8. The minimum absolute atomic E-state index is 0.125. The molecule has 3 fully saturated rings. The third-order valence-corrected chi connectivity index (χ3v) is 10.6. The molecule has 7 heteroatoms. The molecule has 236 valence electrons. The average Bonchev–Trinajstić information content (AvgIpc) is 3.09. The van der Waals surface area contributed by atoms with Gasteiger partial charge < -0.3 is 14.3 Å². The first-order valence-electron chi connectivity index (χ1n) is 16.1. The number of halogens is 3. The third kappa shape index (κ3) is 5.01. The van der Waals surface area contributed by atoms with Crippen LogP contribution in [-0.2, 0) is 6.54 Å². The van der Waals surface area contributed by atoms with Gasteiger partial charge in [-0.1, -0.05) is 54.6 Å². The van der Waals surface area contributed by atoms with Crippen molar-refractivity contribution in [3.05, 3.63) is 138 Å². The molecule has 0 radical (unpaired) electrons. The topological polar surface area (TPSA) is 42.4 Å². The Hall–Kier alpha value is -4.88. The van der Waals surface area contributed by atoms with E-state index >= 15 is 0 Å².